The number of carboxylic acids is 1. The number of carbonyl (C=O) groups excluding carboxylic acids is 1. The molecule has 1 N–H and O–H groups in total. The lowest BCUT2D eigenvalue weighted by atomic mass is 9.96. The van der Waals surface area contributed by atoms with Crippen LogP contribution in [0.5, 0.6) is 0 Å². The third kappa shape index (κ3) is 3.29. The number of alkyl halides is 1. The van der Waals surface area contributed by atoms with Gasteiger partial charge in [-0.3, -0.25) is 4.79 Å². The van der Waals surface area contributed by atoms with Gasteiger partial charge >= 0.3 is 5.97 Å². The van der Waals surface area contributed by atoms with E-state index in [0.29, 0.717) is 12.8 Å². The van der Waals surface area contributed by atoms with Crippen molar-refractivity contribution in [2.24, 2.45) is 5.16 Å². The summed E-state index contributed by atoms with van der Waals surface area (Å²) in [5.74, 6) is -2.17. The number of carboxylic acid groups (broad SMARTS) is 1. The summed E-state index contributed by atoms with van der Waals surface area (Å²) in [5.41, 5.74) is -0.697. The predicted octanol–water partition coefficient (Wildman–Crippen LogP) is 1.31. The fourth-order valence-corrected chi connectivity index (χ4v) is 1.54. The molecule has 16 heavy (non-hydrogen) atoms. The van der Waals surface area contributed by atoms with Crippen LogP contribution in [0.25, 0.3) is 0 Å². The van der Waals surface area contributed by atoms with Crippen LogP contribution in [-0.2, 0) is 14.4 Å². The fourth-order valence-electron chi connectivity index (χ4n) is 1.54. The molecule has 0 aromatic rings. The van der Waals surface area contributed by atoms with Crippen LogP contribution in [0.2, 0.25) is 0 Å². The molecule has 6 heteroatoms. The Balaban J connectivity index is 2.61. The SMILES string of the molecule is CC(=O)/C(=N/OC1CCCCC1F)C(=O)O. The summed E-state index contributed by atoms with van der Waals surface area (Å²) in [5, 5.41) is 11.8. The highest BCUT2D eigenvalue weighted by Crippen LogP contribution is 2.23. The molecular formula is C10H14FNO4. The molecule has 0 aliphatic heterocycles. The van der Waals surface area contributed by atoms with Crippen LogP contribution >= 0.6 is 0 Å². The van der Waals surface area contributed by atoms with Crippen molar-refractivity contribution < 1.29 is 23.9 Å². The Morgan fingerprint density at radius 1 is 1.38 bits per heavy atom. The molecule has 0 spiro atoms. The normalized spacial score (nSPS) is 26.2. The lowest BCUT2D eigenvalue weighted by Crippen LogP contribution is -2.29. The molecule has 0 heterocycles. The van der Waals surface area contributed by atoms with Crippen molar-refractivity contribution in [3.05, 3.63) is 0 Å². The summed E-state index contributed by atoms with van der Waals surface area (Å²) in [6.45, 7) is 1.07. The van der Waals surface area contributed by atoms with Crippen LogP contribution < -0.4 is 0 Å². The van der Waals surface area contributed by atoms with Gasteiger partial charge in [0.15, 0.2) is 11.9 Å². The van der Waals surface area contributed by atoms with Crippen LogP contribution in [0.4, 0.5) is 4.39 Å². The number of hydrogen-bond acceptors (Lipinski definition) is 4. The molecule has 1 aliphatic carbocycles. The Morgan fingerprint density at radius 2 is 2.00 bits per heavy atom. The fraction of sp³-hybridized carbons (Fsp3) is 0.700. The summed E-state index contributed by atoms with van der Waals surface area (Å²) in [4.78, 5) is 26.2. The van der Waals surface area contributed by atoms with Gasteiger partial charge < -0.3 is 9.94 Å². The van der Waals surface area contributed by atoms with E-state index in [1.807, 2.05) is 0 Å². The molecule has 0 amide bonds. The Morgan fingerprint density at radius 3 is 2.50 bits per heavy atom. The highest BCUT2D eigenvalue weighted by molar-refractivity contribution is 6.63. The Kier molecular flexibility index (Phi) is 4.39. The predicted molar refractivity (Wildman–Crippen MR) is 54.0 cm³/mol. The van der Waals surface area contributed by atoms with Crippen molar-refractivity contribution in [2.45, 2.75) is 44.9 Å². The van der Waals surface area contributed by atoms with Crippen LogP contribution in [0, 0.1) is 0 Å². The molecule has 0 saturated heterocycles. The monoisotopic (exact) mass is 231 g/mol. The number of aliphatic carboxylic acids is 1. The van der Waals surface area contributed by atoms with E-state index in [1.54, 1.807) is 0 Å². The Bertz CT molecular complexity index is 300. The number of oxime groups is 1. The van der Waals surface area contributed by atoms with Gasteiger partial charge in [0, 0.05) is 6.92 Å². The molecule has 5 nitrogen and oxygen atoms in total. The summed E-state index contributed by atoms with van der Waals surface area (Å²) >= 11 is 0. The van der Waals surface area contributed by atoms with E-state index in [9.17, 15) is 14.0 Å². The smallest absolute Gasteiger partial charge is 0.361 e. The average molecular weight is 231 g/mol. The average Bonchev–Trinajstić information content (AvgIpc) is 2.20. The van der Waals surface area contributed by atoms with Gasteiger partial charge in [0.1, 0.15) is 6.17 Å². The zero-order chi connectivity index (χ0) is 12.1. The first-order valence-electron chi connectivity index (χ1n) is 5.14. The van der Waals surface area contributed by atoms with Crippen LogP contribution in [0.1, 0.15) is 32.6 Å². The molecule has 2 atom stereocenters. The molecule has 0 aromatic heterocycles. The number of nitrogens with zero attached hydrogens (tertiary/aromatic N) is 1. The van der Waals surface area contributed by atoms with E-state index in [2.05, 4.69) is 5.16 Å². The van der Waals surface area contributed by atoms with Crippen LogP contribution in [0.3, 0.4) is 0 Å². The third-order valence-electron chi connectivity index (χ3n) is 2.44. The van der Waals surface area contributed by atoms with Crippen molar-refractivity contribution in [3.63, 3.8) is 0 Å². The van der Waals surface area contributed by atoms with Gasteiger partial charge in [0.25, 0.3) is 0 Å². The number of Topliss-reactive ketones (excluding diaryl/α,β-unsaturated/α-hetero) is 1. The molecule has 1 saturated carbocycles. The number of carbonyl (C=O) groups is 2. The van der Waals surface area contributed by atoms with Gasteiger partial charge in [-0.1, -0.05) is 11.6 Å². The molecule has 0 bridgehead atoms. The van der Waals surface area contributed by atoms with Gasteiger partial charge in [-0.05, 0) is 19.3 Å². The Hall–Kier alpha value is -1.46. The van der Waals surface area contributed by atoms with E-state index < -0.39 is 29.7 Å². The highest BCUT2D eigenvalue weighted by atomic mass is 19.1. The number of ketones is 1. The molecule has 90 valence electrons. The first-order chi connectivity index (χ1) is 7.52. The maximum absolute atomic E-state index is 13.3. The topological polar surface area (TPSA) is 76.0 Å². The highest BCUT2D eigenvalue weighted by Gasteiger charge is 2.27. The van der Waals surface area contributed by atoms with Crippen LogP contribution in [0.15, 0.2) is 5.16 Å². The first kappa shape index (κ1) is 12.6. The quantitative estimate of drug-likeness (QED) is 0.449. The van der Waals surface area contributed by atoms with Crippen molar-refractivity contribution in [2.75, 3.05) is 0 Å². The maximum Gasteiger partial charge on any atom is 0.361 e. The second kappa shape index (κ2) is 5.58. The van der Waals surface area contributed by atoms with E-state index in [4.69, 9.17) is 9.94 Å². The Labute approximate surface area is 92.3 Å². The number of rotatable bonds is 4. The molecular weight excluding hydrogens is 217 g/mol. The maximum atomic E-state index is 13.3. The standard InChI is InChI=1S/C10H14FNO4/c1-6(13)9(10(14)15)12-16-8-5-3-2-4-7(8)11/h7-8H,2-5H2,1H3,(H,14,15)/b12-9-. The largest absolute Gasteiger partial charge is 0.476 e. The van der Waals surface area contributed by atoms with Gasteiger partial charge in [0.05, 0.1) is 0 Å². The van der Waals surface area contributed by atoms with E-state index in [-0.39, 0.29) is 0 Å². The molecule has 1 rings (SSSR count). The van der Waals surface area contributed by atoms with Crippen molar-refractivity contribution in [3.8, 4) is 0 Å². The van der Waals surface area contributed by atoms with Crippen molar-refractivity contribution >= 4 is 17.5 Å². The van der Waals surface area contributed by atoms with Gasteiger partial charge in [-0.15, -0.1) is 0 Å². The summed E-state index contributed by atoms with van der Waals surface area (Å²) in [6.07, 6.45) is 0.631. The first-order valence-corrected chi connectivity index (χ1v) is 5.14. The third-order valence-corrected chi connectivity index (χ3v) is 2.44. The lowest BCUT2D eigenvalue weighted by molar-refractivity contribution is -0.130. The van der Waals surface area contributed by atoms with Crippen molar-refractivity contribution in [1.29, 1.82) is 0 Å². The lowest BCUT2D eigenvalue weighted by Gasteiger charge is -2.23. The van der Waals surface area contributed by atoms with E-state index >= 15 is 0 Å². The zero-order valence-corrected chi connectivity index (χ0v) is 8.98. The summed E-state index contributed by atoms with van der Waals surface area (Å²) in [7, 11) is 0. The second-order valence-corrected chi connectivity index (χ2v) is 3.75. The zero-order valence-electron chi connectivity index (χ0n) is 8.98. The summed E-state index contributed by atoms with van der Waals surface area (Å²) in [6, 6.07) is 0. The van der Waals surface area contributed by atoms with Gasteiger partial charge in [-0.2, -0.15) is 0 Å². The van der Waals surface area contributed by atoms with Crippen molar-refractivity contribution in [1.82, 2.24) is 0 Å². The van der Waals surface area contributed by atoms with E-state index in [1.165, 1.54) is 0 Å². The molecule has 1 aliphatic rings. The minimum Gasteiger partial charge on any atom is -0.476 e. The number of hydrogen-bond donors (Lipinski definition) is 1. The molecule has 2 unspecified atom stereocenters. The minimum atomic E-state index is -1.46. The molecule has 1 fully saturated rings. The second-order valence-electron chi connectivity index (χ2n) is 3.75. The van der Waals surface area contributed by atoms with Crippen LogP contribution in [-0.4, -0.2) is 34.8 Å². The summed E-state index contributed by atoms with van der Waals surface area (Å²) < 4.78 is 13.3. The van der Waals surface area contributed by atoms with Gasteiger partial charge in [-0.25, -0.2) is 9.18 Å². The van der Waals surface area contributed by atoms with E-state index in [0.717, 1.165) is 19.8 Å². The van der Waals surface area contributed by atoms with Gasteiger partial charge in [0.2, 0.25) is 5.71 Å². The molecule has 0 aromatic carbocycles. The molecule has 0 radical (unpaired) electrons. The number of halogens is 1. The minimum absolute atomic E-state index is 0.392.